The Labute approximate surface area is 73.2 Å². The van der Waals surface area contributed by atoms with E-state index in [9.17, 15) is 4.79 Å². The summed E-state index contributed by atoms with van der Waals surface area (Å²) in [6.07, 6.45) is 1.63. The number of aryl methyl sites for hydroxylation is 1. The maximum atomic E-state index is 10.7. The van der Waals surface area contributed by atoms with Crippen LogP contribution in [0.5, 0.6) is 0 Å². The average molecular weight is 180 g/mol. The van der Waals surface area contributed by atoms with E-state index < -0.39 is 5.76 Å². The molecular formula is C7H8N4O2. The molecule has 0 aliphatic heterocycles. The average Bonchev–Trinajstić information content (AvgIpc) is 2.62. The molecule has 2 rings (SSSR count). The molecule has 0 saturated heterocycles. The molecule has 0 radical (unpaired) electrons. The van der Waals surface area contributed by atoms with Crippen LogP contribution in [0, 0.1) is 6.92 Å². The van der Waals surface area contributed by atoms with Crippen LogP contribution in [0.25, 0.3) is 11.4 Å². The normalized spacial score (nSPS) is 10.6. The van der Waals surface area contributed by atoms with Gasteiger partial charge in [0.15, 0.2) is 5.82 Å². The Kier molecular flexibility index (Phi) is 1.54. The van der Waals surface area contributed by atoms with E-state index in [0.29, 0.717) is 5.82 Å². The number of rotatable bonds is 1. The Morgan fingerprint density at radius 2 is 2.38 bits per heavy atom. The van der Waals surface area contributed by atoms with E-state index in [2.05, 4.69) is 19.8 Å². The fourth-order valence-electron chi connectivity index (χ4n) is 1.08. The molecule has 0 unspecified atom stereocenters. The lowest BCUT2D eigenvalue weighted by molar-refractivity contribution is 0.388. The van der Waals surface area contributed by atoms with Crippen molar-refractivity contribution in [2.24, 2.45) is 7.05 Å². The van der Waals surface area contributed by atoms with Gasteiger partial charge < -0.3 is 0 Å². The van der Waals surface area contributed by atoms with Gasteiger partial charge in [0.05, 0.1) is 11.8 Å². The highest BCUT2D eigenvalue weighted by Gasteiger charge is 2.10. The van der Waals surface area contributed by atoms with Crippen LogP contribution in [0.3, 0.4) is 0 Å². The number of nitrogens with one attached hydrogen (secondary N) is 1. The molecule has 0 amide bonds. The van der Waals surface area contributed by atoms with E-state index in [1.165, 1.54) is 0 Å². The standard InChI is InChI=1S/C7H8N4O2/c1-4-5(3-8-11(4)2)6-9-7(12)13-10-6/h3H,1-2H3,(H,9,10,12). The highest BCUT2D eigenvalue weighted by Crippen LogP contribution is 2.16. The summed E-state index contributed by atoms with van der Waals surface area (Å²) in [7, 11) is 1.82. The van der Waals surface area contributed by atoms with Crippen LogP contribution < -0.4 is 5.76 Å². The summed E-state index contributed by atoms with van der Waals surface area (Å²) in [6.45, 7) is 1.88. The fraction of sp³-hybridized carbons (Fsp3) is 0.286. The lowest BCUT2D eigenvalue weighted by atomic mass is 10.2. The van der Waals surface area contributed by atoms with Crippen molar-refractivity contribution in [2.75, 3.05) is 0 Å². The van der Waals surface area contributed by atoms with Crippen molar-refractivity contribution < 1.29 is 4.52 Å². The van der Waals surface area contributed by atoms with Crippen molar-refractivity contribution in [3.8, 4) is 11.4 Å². The first kappa shape index (κ1) is 7.78. The molecule has 2 aromatic rings. The second kappa shape index (κ2) is 2.58. The molecule has 0 aromatic carbocycles. The van der Waals surface area contributed by atoms with Gasteiger partial charge in [-0.05, 0) is 6.92 Å². The Morgan fingerprint density at radius 1 is 1.62 bits per heavy atom. The molecule has 0 bridgehead atoms. The van der Waals surface area contributed by atoms with Crippen molar-refractivity contribution in [1.82, 2.24) is 19.9 Å². The predicted octanol–water partition coefficient (Wildman–Crippen LogP) is 0.0718. The number of aromatic amines is 1. The molecule has 6 heteroatoms. The molecule has 13 heavy (non-hydrogen) atoms. The molecule has 0 spiro atoms. The molecular weight excluding hydrogens is 172 g/mol. The molecule has 0 aliphatic rings. The van der Waals surface area contributed by atoms with Crippen molar-refractivity contribution in [3.05, 3.63) is 22.4 Å². The van der Waals surface area contributed by atoms with Gasteiger partial charge in [-0.15, -0.1) is 0 Å². The van der Waals surface area contributed by atoms with E-state index in [4.69, 9.17) is 0 Å². The summed E-state index contributed by atoms with van der Waals surface area (Å²) in [5, 5.41) is 7.58. The minimum atomic E-state index is -0.557. The van der Waals surface area contributed by atoms with Gasteiger partial charge in [0.25, 0.3) is 0 Å². The first-order valence-electron chi connectivity index (χ1n) is 3.73. The van der Waals surface area contributed by atoms with Crippen LogP contribution in [0.15, 0.2) is 15.5 Å². The van der Waals surface area contributed by atoms with Gasteiger partial charge in [-0.25, -0.2) is 4.79 Å². The smallest absolute Gasteiger partial charge is 0.296 e. The second-order valence-electron chi connectivity index (χ2n) is 2.71. The van der Waals surface area contributed by atoms with Crippen molar-refractivity contribution in [1.29, 1.82) is 0 Å². The van der Waals surface area contributed by atoms with Gasteiger partial charge in [0, 0.05) is 12.7 Å². The van der Waals surface area contributed by atoms with Crippen LogP contribution in [-0.2, 0) is 7.05 Å². The second-order valence-corrected chi connectivity index (χ2v) is 2.71. The van der Waals surface area contributed by atoms with Crippen LogP contribution in [0.2, 0.25) is 0 Å². The number of aromatic nitrogens is 4. The zero-order valence-corrected chi connectivity index (χ0v) is 7.24. The third kappa shape index (κ3) is 1.16. The van der Waals surface area contributed by atoms with Gasteiger partial charge in [-0.1, -0.05) is 5.16 Å². The maximum absolute atomic E-state index is 10.7. The van der Waals surface area contributed by atoms with E-state index in [1.807, 2.05) is 14.0 Å². The molecule has 6 nitrogen and oxygen atoms in total. The Morgan fingerprint density at radius 3 is 2.85 bits per heavy atom. The molecule has 2 heterocycles. The largest absolute Gasteiger partial charge is 0.439 e. The Balaban J connectivity index is 2.58. The minimum absolute atomic E-state index is 0.413. The molecule has 0 fully saturated rings. The van der Waals surface area contributed by atoms with Gasteiger partial charge in [0.1, 0.15) is 0 Å². The van der Waals surface area contributed by atoms with Crippen LogP contribution in [-0.4, -0.2) is 19.9 Å². The molecule has 0 atom stereocenters. The first-order valence-corrected chi connectivity index (χ1v) is 3.73. The fourth-order valence-corrected chi connectivity index (χ4v) is 1.08. The topological polar surface area (TPSA) is 76.7 Å². The van der Waals surface area contributed by atoms with Gasteiger partial charge >= 0.3 is 5.76 Å². The highest BCUT2D eigenvalue weighted by molar-refractivity contribution is 5.55. The molecule has 2 aromatic heterocycles. The number of H-pyrrole nitrogens is 1. The van der Waals surface area contributed by atoms with E-state index >= 15 is 0 Å². The van der Waals surface area contributed by atoms with E-state index in [1.54, 1.807) is 10.9 Å². The molecule has 1 N–H and O–H groups in total. The summed E-state index contributed by atoms with van der Waals surface area (Å²) in [5.41, 5.74) is 1.69. The molecule has 68 valence electrons. The lowest BCUT2D eigenvalue weighted by Crippen LogP contribution is -1.96. The zero-order valence-electron chi connectivity index (χ0n) is 7.24. The third-order valence-electron chi connectivity index (χ3n) is 1.93. The summed E-state index contributed by atoms with van der Waals surface area (Å²) < 4.78 is 6.08. The molecule has 0 aliphatic carbocycles. The zero-order chi connectivity index (χ0) is 9.42. The number of hydrogen-bond donors (Lipinski definition) is 1. The summed E-state index contributed by atoms with van der Waals surface area (Å²) in [5.74, 6) is -0.145. The minimum Gasteiger partial charge on any atom is -0.296 e. The third-order valence-corrected chi connectivity index (χ3v) is 1.93. The van der Waals surface area contributed by atoms with Crippen LogP contribution >= 0.6 is 0 Å². The summed E-state index contributed by atoms with van der Waals surface area (Å²) in [4.78, 5) is 13.1. The Hall–Kier alpha value is -1.85. The highest BCUT2D eigenvalue weighted by atomic mass is 16.5. The van der Waals surface area contributed by atoms with Crippen molar-refractivity contribution >= 4 is 0 Å². The predicted molar refractivity (Wildman–Crippen MR) is 44.1 cm³/mol. The monoisotopic (exact) mass is 180 g/mol. The summed E-state index contributed by atoms with van der Waals surface area (Å²) >= 11 is 0. The Bertz CT molecular complexity index is 479. The SMILES string of the molecule is Cc1c(-c2noc(=O)[nH]2)cnn1C. The van der Waals surface area contributed by atoms with Crippen LogP contribution in [0.1, 0.15) is 5.69 Å². The number of hydrogen-bond acceptors (Lipinski definition) is 4. The maximum Gasteiger partial charge on any atom is 0.439 e. The van der Waals surface area contributed by atoms with Gasteiger partial charge in [-0.3, -0.25) is 14.2 Å². The quantitative estimate of drug-likeness (QED) is 0.673. The first-order chi connectivity index (χ1) is 6.18. The van der Waals surface area contributed by atoms with Gasteiger partial charge in [-0.2, -0.15) is 5.10 Å². The van der Waals surface area contributed by atoms with E-state index in [-0.39, 0.29) is 0 Å². The lowest BCUT2D eigenvalue weighted by Gasteiger charge is -1.93. The summed E-state index contributed by atoms with van der Waals surface area (Å²) in [6, 6.07) is 0. The van der Waals surface area contributed by atoms with Crippen molar-refractivity contribution in [2.45, 2.75) is 6.92 Å². The van der Waals surface area contributed by atoms with Crippen molar-refractivity contribution in [3.63, 3.8) is 0 Å². The van der Waals surface area contributed by atoms with Crippen LogP contribution in [0.4, 0.5) is 0 Å². The molecule has 0 saturated carbocycles. The van der Waals surface area contributed by atoms with E-state index in [0.717, 1.165) is 11.3 Å². The van der Waals surface area contributed by atoms with Gasteiger partial charge in [0.2, 0.25) is 0 Å². The number of nitrogens with zero attached hydrogens (tertiary/aromatic N) is 3.